The number of hydrogen-bond acceptors (Lipinski definition) is 4. The summed E-state index contributed by atoms with van der Waals surface area (Å²) in [6.45, 7) is 2.60. The van der Waals surface area contributed by atoms with Crippen molar-refractivity contribution in [1.29, 1.82) is 0 Å². The van der Waals surface area contributed by atoms with Gasteiger partial charge in [0.15, 0.2) is 0 Å². The summed E-state index contributed by atoms with van der Waals surface area (Å²) in [6, 6.07) is 7.57. The molecule has 2 rings (SSSR count). The third kappa shape index (κ3) is 6.29. The maximum absolute atomic E-state index is 9.84. The first-order valence-corrected chi connectivity index (χ1v) is 7.76. The summed E-state index contributed by atoms with van der Waals surface area (Å²) in [7, 11) is 0. The number of aliphatic hydroxyl groups is 1. The maximum Gasteiger partial charge on any atom is 0.119 e. The number of imidazole rings is 1. The minimum Gasteiger partial charge on any atom is -0.491 e. The van der Waals surface area contributed by atoms with E-state index in [2.05, 4.69) is 26.2 Å². The summed E-state index contributed by atoms with van der Waals surface area (Å²) in [5.41, 5.74) is 0. The van der Waals surface area contributed by atoms with Gasteiger partial charge >= 0.3 is 0 Å². The van der Waals surface area contributed by atoms with E-state index in [0.717, 1.165) is 29.7 Å². The van der Waals surface area contributed by atoms with Crippen molar-refractivity contribution < 1.29 is 9.84 Å². The second kappa shape index (κ2) is 8.81. The van der Waals surface area contributed by atoms with Gasteiger partial charge in [-0.25, -0.2) is 4.98 Å². The number of aromatic nitrogens is 2. The van der Waals surface area contributed by atoms with Crippen LogP contribution in [0.5, 0.6) is 5.75 Å². The number of ether oxygens (including phenoxy) is 1. The molecule has 6 heteroatoms. The Morgan fingerprint density at radius 1 is 1.33 bits per heavy atom. The van der Waals surface area contributed by atoms with Gasteiger partial charge in [-0.05, 0) is 37.2 Å². The smallest absolute Gasteiger partial charge is 0.119 e. The molecule has 0 aliphatic rings. The predicted molar refractivity (Wildman–Crippen MR) is 85.4 cm³/mol. The van der Waals surface area contributed by atoms with Crippen LogP contribution in [0.15, 0.2) is 47.5 Å². The molecule has 0 saturated heterocycles. The van der Waals surface area contributed by atoms with E-state index in [1.54, 1.807) is 12.5 Å². The lowest BCUT2D eigenvalue weighted by molar-refractivity contribution is 0.106. The van der Waals surface area contributed by atoms with E-state index in [1.165, 1.54) is 0 Å². The Bertz CT molecular complexity index is 502. The molecule has 2 N–H and O–H groups in total. The molecule has 0 fully saturated rings. The Morgan fingerprint density at radius 3 is 2.86 bits per heavy atom. The van der Waals surface area contributed by atoms with Crippen LogP contribution >= 0.6 is 15.9 Å². The quantitative estimate of drug-likeness (QED) is 0.677. The summed E-state index contributed by atoms with van der Waals surface area (Å²) in [5, 5.41) is 13.1. The standard InChI is InChI=1S/C15H20BrN3O2/c16-13-2-4-15(5-3-13)21-11-14(20)10-17-6-1-8-19-9-7-18-12-19/h2-5,7,9,12,14,17,20H,1,6,8,10-11H2. The highest BCUT2D eigenvalue weighted by Crippen LogP contribution is 2.16. The van der Waals surface area contributed by atoms with Crippen molar-refractivity contribution in [1.82, 2.24) is 14.9 Å². The Balaban J connectivity index is 1.53. The third-order valence-corrected chi connectivity index (χ3v) is 3.49. The maximum atomic E-state index is 9.84. The van der Waals surface area contributed by atoms with Gasteiger partial charge < -0.3 is 19.7 Å². The summed E-state index contributed by atoms with van der Waals surface area (Å²) in [4.78, 5) is 3.99. The number of aliphatic hydroxyl groups excluding tert-OH is 1. The van der Waals surface area contributed by atoms with Gasteiger partial charge in [0, 0.05) is 30.0 Å². The molecule has 5 nitrogen and oxygen atoms in total. The summed E-state index contributed by atoms with van der Waals surface area (Å²) >= 11 is 3.37. The van der Waals surface area contributed by atoms with Crippen LogP contribution in [0, 0.1) is 0 Å². The number of hydrogen-bond donors (Lipinski definition) is 2. The zero-order valence-electron chi connectivity index (χ0n) is 11.8. The number of aryl methyl sites for hydroxylation is 1. The molecule has 0 aliphatic heterocycles. The van der Waals surface area contributed by atoms with Gasteiger partial charge in [0.2, 0.25) is 0 Å². The van der Waals surface area contributed by atoms with Crippen LogP contribution in [0.2, 0.25) is 0 Å². The Kier molecular flexibility index (Phi) is 6.72. The molecule has 21 heavy (non-hydrogen) atoms. The Labute approximate surface area is 133 Å². The molecule has 0 amide bonds. The summed E-state index contributed by atoms with van der Waals surface area (Å²) in [6.07, 6.45) is 6.01. The molecule has 0 saturated carbocycles. The van der Waals surface area contributed by atoms with Crippen LogP contribution in [-0.4, -0.2) is 40.5 Å². The predicted octanol–water partition coefficient (Wildman–Crippen LogP) is 2.07. The van der Waals surface area contributed by atoms with Crippen molar-refractivity contribution in [3.63, 3.8) is 0 Å². The normalized spacial score (nSPS) is 12.3. The molecule has 0 aliphatic carbocycles. The van der Waals surface area contributed by atoms with E-state index in [-0.39, 0.29) is 6.61 Å². The molecule has 1 atom stereocenters. The van der Waals surface area contributed by atoms with E-state index in [4.69, 9.17) is 4.74 Å². The lowest BCUT2D eigenvalue weighted by Crippen LogP contribution is -2.32. The first-order chi connectivity index (χ1) is 10.2. The lowest BCUT2D eigenvalue weighted by Gasteiger charge is -2.13. The molecule has 0 spiro atoms. The number of rotatable bonds is 9. The molecule has 2 aromatic rings. The van der Waals surface area contributed by atoms with E-state index >= 15 is 0 Å². The van der Waals surface area contributed by atoms with E-state index in [0.29, 0.717) is 6.54 Å². The average Bonchev–Trinajstić information content (AvgIpc) is 2.99. The monoisotopic (exact) mass is 353 g/mol. The molecule has 1 unspecified atom stereocenters. The fourth-order valence-corrected chi connectivity index (χ4v) is 2.12. The largest absolute Gasteiger partial charge is 0.491 e. The van der Waals surface area contributed by atoms with Gasteiger partial charge in [-0.3, -0.25) is 0 Å². The molecule has 0 bridgehead atoms. The fourth-order valence-electron chi connectivity index (χ4n) is 1.86. The minimum absolute atomic E-state index is 0.288. The lowest BCUT2D eigenvalue weighted by atomic mass is 10.3. The van der Waals surface area contributed by atoms with Crippen molar-refractivity contribution in [2.75, 3.05) is 19.7 Å². The molecular formula is C15H20BrN3O2. The first-order valence-electron chi connectivity index (χ1n) is 6.97. The summed E-state index contributed by atoms with van der Waals surface area (Å²) in [5.74, 6) is 0.761. The van der Waals surface area contributed by atoms with Crippen LogP contribution in [0.4, 0.5) is 0 Å². The second-order valence-corrected chi connectivity index (χ2v) is 5.69. The van der Waals surface area contributed by atoms with Crippen molar-refractivity contribution in [2.24, 2.45) is 0 Å². The van der Waals surface area contributed by atoms with Crippen LogP contribution in [0.1, 0.15) is 6.42 Å². The van der Waals surface area contributed by atoms with Crippen LogP contribution in [-0.2, 0) is 6.54 Å². The highest BCUT2D eigenvalue weighted by molar-refractivity contribution is 9.10. The van der Waals surface area contributed by atoms with Gasteiger partial charge in [-0.15, -0.1) is 0 Å². The fraction of sp³-hybridized carbons (Fsp3) is 0.400. The zero-order valence-corrected chi connectivity index (χ0v) is 13.4. The van der Waals surface area contributed by atoms with Crippen LogP contribution in [0.3, 0.4) is 0 Å². The van der Waals surface area contributed by atoms with Crippen molar-refractivity contribution in [3.8, 4) is 5.75 Å². The second-order valence-electron chi connectivity index (χ2n) is 4.78. The van der Waals surface area contributed by atoms with Gasteiger partial charge in [-0.1, -0.05) is 15.9 Å². The number of halogens is 1. The number of nitrogens with zero attached hydrogens (tertiary/aromatic N) is 2. The molecule has 1 heterocycles. The van der Waals surface area contributed by atoms with Crippen molar-refractivity contribution in [3.05, 3.63) is 47.5 Å². The molecule has 1 aromatic heterocycles. The van der Waals surface area contributed by atoms with Crippen LogP contribution < -0.4 is 10.1 Å². The van der Waals surface area contributed by atoms with E-state index in [1.807, 2.05) is 35.0 Å². The number of benzene rings is 1. The van der Waals surface area contributed by atoms with E-state index in [9.17, 15) is 5.11 Å². The molecule has 1 aromatic carbocycles. The topological polar surface area (TPSA) is 59.3 Å². The van der Waals surface area contributed by atoms with Crippen molar-refractivity contribution in [2.45, 2.75) is 19.1 Å². The Morgan fingerprint density at radius 2 is 2.14 bits per heavy atom. The molecule has 0 radical (unpaired) electrons. The van der Waals surface area contributed by atoms with Crippen molar-refractivity contribution >= 4 is 15.9 Å². The van der Waals surface area contributed by atoms with Gasteiger partial charge in [0.1, 0.15) is 18.5 Å². The van der Waals surface area contributed by atoms with Gasteiger partial charge in [0.25, 0.3) is 0 Å². The highest BCUT2D eigenvalue weighted by atomic mass is 79.9. The molecule has 114 valence electrons. The average molecular weight is 354 g/mol. The van der Waals surface area contributed by atoms with Gasteiger partial charge in [-0.2, -0.15) is 0 Å². The summed E-state index contributed by atoms with van der Waals surface area (Å²) < 4.78 is 8.56. The van der Waals surface area contributed by atoms with E-state index < -0.39 is 6.10 Å². The zero-order chi connectivity index (χ0) is 14.9. The van der Waals surface area contributed by atoms with Crippen LogP contribution in [0.25, 0.3) is 0 Å². The Hall–Kier alpha value is -1.37. The SMILES string of the molecule is OC(CNCCCn1ccnc1)COc1ccc(Br)cc1. The minimum atomic E-state index is -0.512. The third-order valence-electron chi connectivity index (χ3n) is 2.97. The highest BCUT2D eigenvalue weighted by Gasteiger charge is 2.04. The molecular weight excluding hydrogens is 334 g/mol. The number of nitrogens with one attached hydrogen (secondary N) is 1. The first kappa shape index (κ1) is 16.0. The van der Waals surface area contributed by atoms with Gasteiger partial charge in [0.05, 0.1) is 6.33 Å².